The van der Waals surface area contributed by atoms with Crippen molar-refractivity contribution in [1.82, 2.24) is 5.32 Å². The Balaban J connectivity index is 3.01. The van der Waals surface area contributed by atoms with Gasteiger partial charge < -0.3 is 19.5 Å². The summed E-state index contributed by atoms with van der Waals surface area (Å²) < 4.78 is 13.3. The average Bonchev–Trinajstić information content (AvgIpc) is 2.58. The summed E-state index contributed by atoms with van der Waals surface area (Å²) in [7, 11) is 2.04. The van der Waals surface area contributed by atoms with Crippen LogP contribution in [0.15, 0.2) is 41.8 Å². The van der Waals surface area contributed by atoms with Crippen molar-refractivity contribution in [3.8, 4) is 0 Å². The Kier molecular flexibility index (Phi) is 6.47. The van der Waals surface area contributed by atoms with Gasteiger partial charge >= 0.3 is 17.9 Å². The van der Waals surface area contributed by atoms with Gasteiger partial charge in [0.15, 0.2) is 0 Å². The summed E-state index contributed by atoms with van der Waals surface area (Å²) in [6.45, 7) is 1.32. The van der Waals surface area contributed by atoms with E-state index in [9.17, 15) is 19.2 Å². The van der Waals surface area contributed by atoms with Gasteiger partial charge in [-0.05, 0) is 19.1 Å². The number of hydrogen-bond acceptors (Lipinski definition) is 7. The third-order valence-corrected chi connectivity index (χ3v) is 2.60. The number of nitrogens with one attached hydrogen (secondary N) is 1. The Labute approximate surface area is 132 Å². The van der Waals surface area contributed by atoms with Crippen LogP contribution in [0.4, 0.5) is 0 Å². The highest BCUT2D eigenvalue weighted by Crippen LogP contribution is 2.09. The predicted molar refractivity (Wildman–Crippen MR) is 76.7 cm³/mol. The molecule has 0 aliphatic rings. The normalized spacial score (nSPS) is 10.9. The molecule has 8 nitrogen and oxygen atoms in total. The zero-order chi connectivity index (χ0) is 17.4. The number of amides is 1. The van der Waals surface area contributed by atoms with Crippen LogP contribution in [0.1, 0.15) is 17.3 Å². The molecule has 0 aromatic heterocycles. The second-order valence-corrected chi connectivity index (χ2v) is 4.15. The molecule has 1 N–H and O–H groups in total. The number of esters is 3. The van der Waals surface area contributed by atoms with E-state index >= 15 is 0 Å². The molecule has 0 heterocycles. The van der Waals surface area contributed by atoms with Crippen LogP contribution in [0.25, 0.3) is 0 Å². The number of hydrogen-bond donors (Lipinski definition) is 1. The van der Waals surface area contributed by atoms with Crippen molar-refractivity contribution in [2.24, 2.45) is 0 Å². The highest BCUT2D eigenvalue weighted by Gasteiger charge is 2.25. The number of methoxy groups -OCH3 is 2. The molecule has 23 heavy (non-hydrogen) atoms. The standard InChI is InChI=1S/C15H15NO7/c1-9(16-12(17)10-7-5-4-6-8-10)11(13(18)21-2)23-15(20)14(19)22-3/h4-8H,1-3H3,(H,16,17). The molecule has 1 amide bonds. The first-order valence-corrected chi connectivity index (χ1v) is 6.36. The van der Waals surface area contributed by atoms with E-state index in [2.05, 4.69) is 19.5 Å². The van der Waals surface area contributed by atoms with Crippen molar-refractivity contribution < 1.29 is 33.4 Å². The first-order valence-electron chi connectivity index (χ1n) is 6.36. The molecular formula is C15H15NO7. The van der Waals surface area contributed by atoms with E-state index in [1.165, 1.54) is 6.92 Å². The van der Waals surface area contributed by atoms with Crippen molar-refractivity contribution in [2.45, 2.75) is 6.92 Å². The molecule has 0 bridgehead atoms. The van der Waals surface area contributed by atoms with Crippen molar-refractivity contribution >= 4 is 23.8 Å². The van der Waals surface area contributed by atoms with E-state index in [1.54, 1.807) is 30.3 Å². The monoisotopic (exact) mass is 321 g/mol. The Bertz CT molecular complexity index is 649. The number of rotatable bonds is 4. The third-order valence-electron chi connectivity index (χ3n) is 2.60. The van der Waals surface area contributed by atoms with E-state index in [0.717, 1.165) is 14.2 Å². The summed E-state index contributed by atoms with van der Waals surface area (Å²) in [4.78, 5) is 46.2. The molecule has 0 saturated carbocycles. The minimum atomic E-state index is -1.42. The lowest BCUT2D eigenvalue weighted by Gasteiger charge is -2.11. The zero-order valence-electron chi connectivity index (χ0n) is 12.7. The van der Waals surface area contributed by atoms with Gasteiger partial charge in [-0.2, -0.15) is 0 Å². The minimum absolute atomic E-state index is 0.0945. The maximum atomic E-state index is 12.0. The summed E-state index contributed by atoms with van der Waals surface area (Å²) in [6, 6.07) is 8.16. The van der Waals surface area contributed by atoms with E-state index < -0.39 is 29.6 Å². The third kappa shape index (κ3) is 4.95. The largest absolute Gasteiger partial charge is 0.463 e. The molecule has 0 aliphatic heterocycles. The number of carbonyl (C=O) groups excluding carboxylic acids is 4. The van der Waals surface area contributed by atoms with Crippen molar-refractivity contribution in [2.75, 3.05) is 14.2 Å². The summed E-state index contributed by atoms with van der Waals surface area (Å²) in [5, 5.41) is 2.38. The van der Waals surface area contributed by atoms with Crippen LogP contribution in [0.5, 0.6) is 0 Å². The lowest BCUT2D eigenvalue weighted by molar-refractivity contribution is -0.165. The number of allylic oxidation sites excluding steroid dienone is 1. The molecule has 122 valence electrons. The lowest BCUT2D eigenvalue weighted by atomic mass is 10.2. The zero-order valence-corrected chi connectivity index (χ0v) is 12.7. The quantitative estimate of drug-likeness (QED) is 0.283. The number of ether oxygens (including phenoxy) is 3. The highest BCUT2D eigenvalue weighted by atomic mass is 16.6. The summed E-state index contributed by atoms with van der Waals surface area (Å²) >= 11 is 0. The van der Waals surface area contributed by atoms with Gasteiger partial charge in [0.05, 0.1) is 19.9 Å². The molecule has 1 aromatic rings. The molecule has 0 spiro atoms. The molecule has 0 saturated heterocycles. The Morgan fingerprint density at radius 3 is 1.96 bits per heavy atom. The van der Waals surface area contributed by atoms with Gasteiger partial charge in [-0.15, -0.1) is 0 Å². The van der Waals surface area contributed by atoms with Gasteiger partial charge in [0.1, 0.15) is 0 Å². The molecular weight excluding hydrogens is 306 g/mol. The van der Waals surface area contributed by atoms with E-state index in [0.29, 0.717) is 5.56 Å². The molecule has 0 aliphatic carbocycles. The van der Waals surface area contributed by atoms with Gasteiger partial charge in [-0.25, -0.2) is 14.4 Å². The predicted octanol–water partition coefficient (Wildman–Crippen LogP) is 0.537. The second kappa shape index (κ2) is 8.32. The Morgan fingerprint density at radius 2 is 1.43 bits per heavy atom. The molecule has 1 rings (SSSR count). The van der Waals surface area contributed by atoms with Crippen LogP contribution in [-0.2, 0) is 28.6 Å². The fourth-order valence-electron chi connectivity index (χ4n) is 1.47. The first kappa shape index (κ1) is 17.9. The lowest BCUT2D eigenvalue weighted by Crippen LogP contribution is -2.28. The Morgan fingerprint density at radius 1 is 0.870 bits per heavy atom. The fourth-order valence-corrected chi connectivity index (χ4v) is 1.47. The first-order chi connectivity index (χ1) is 10.9. The highest BCUT2D eigenvalue weighted by molar-refractivity contribution is 6.30. The fraction of sp³-hybridized carbons (Fsp3) is 0.200. The topological polar surface area (TPSA) is 108 Å². The van der Waals surface area contributed by atoms with Crippen LogP contribution in [-0.4, -0.2) is 38.0 Å². The van der Waals surface area contributed by atoms with Crippen molar-refractivity contribution in [1.29, 1.82) is 0 Å². The van der Waals surface area contributed by atoms with Crippen molar-refractivity contribution in [3.63, 3.8) is 0 Å². The summed E-state index contributed by atoms with van der Waals surface area (Å²) in [5.74, 6) is -4.89. The van der Waals surface area contributed by atoms with Gasteiger partial charge in [0.25, 0.3) is 5.91 Å². The van der Waals surface area contributed by atoms with E-state index in [4.69, 9.17) is 0 Å². The minimum Gasteiger partial charge on any atom is -0.463 e. The number of carbonyl (C=O) groups is 4. The van der Waals surface area contributed by atoms with Gasteiger partial charge in [-0.1, -0.05) is 18.2 Å². The SMILES string of the molecule is COC(=O)C(=O)OC(C(=O)OC)=C(C)NC(=O)c1ccccc1. The van der Waals surface area contributed by atoms with Gasteiger partial charge in [-0.3, -0.25) is 4.79 Å². The molecule has 0 unspecified atom stereocenters. The van der Waals surface area contributed by atoms with Gasteiger partial charge in [0.2, 0.25) is 5.76 Å². The molecule has 0 radical (unpaired) electrons. The number of benzene rings is 1. The molecule has 0 fully saturated rings. The maximum absolute atomic E-state index is 12.0. The second-order valence-electron chi connectivity index (χ2n) is 4.15. The van der Waals surface area contributed by atoms with Crippen LogP contribution in [0, 0.1) is 0 Å². The average molecular weight is 321 g/mol. The maximum Gasteiger partial charge on any atom is 0.423 e. The molecule has 1 aromatic carbocycles. The molecule has 8 heteroatoms. The van der Waals surface area contributed by atoms with Crippen LogP contribution in [0.2, 0.25) is 0 Å². The summed E-state index contributed by atoms with van der Waals surface area (Å²) in [5.41, 5.74) is 0.235. The summed E-state index contributed by atoms with van der Waals surface area (Å²) in [6.07, 6.45) is 0. The van der Waals surface area contributed by atoms with Gasteiger partial charge in [0, 0.05) is 5.56 Å². The van der Waals surface area contributed by atoms with Crippen LogP contribution < -0.4 is 5.32 Å². The van der Waals surface area contributed by atoms with Crippen LogP contribution >= 0.6 is 0 Å². The molecule has 0 atom stereocenters. The smallest absolute Gasteiger partial charge is 0.423 e. The van der Waals surface area contributed by atoms with E-state index in [1.807, 2.05) is 0 Å². The van der Waals surface area contributed by atoms with E-state index in [-0.39, 0.29) is 5.70 Å². The van der Waals surface area contributed by atoms with Crippen LogP contribution in [0.3, 0.4) is 0 Å². The Hall–Kier alpha value is -3.16. The van der Waals surface area contributed by atoms with Crippen molar-refractivity contribution in [3.05, 3.63) is 47.4 Å².